The van der Waals surface area contributed by atoms with Gasteiger partial charge in [0, 0.05) is 36.5 Å². The van der Waals surface area contributed by atoms with E-state index in [1.807, 2.05) is 73.1 Å². The van der Waals surface area contributed by atoms with Gasteiger partial charge in [0.1, 0.15) is 0 Å². The average Bonchev–Trinajstić information content (AvgIpc) is 3.32. The third-order valence-electron chi connectivity index (χ3n) is 6.03. The SMILES string of the molecule is CCc1ccc(N2C[C@H](C(=O)NCc3c(C)nn(-c4ccccc4)c3C)CC2=O)cc1. The molecule has 3 aromatic rings. The van der Waals surface area contributed by atoms with E-state index in [1.165, 1.54) is 5.56 Å². The van der Waals surface area contributed by atoms with Crippen LogP contribution < -0.4 is 10.2 Å². The van der Waals surface area contributed by atoms with Crippen molar-refractivity contribution >= 4 is 17.5 Å². The van der Waals surface area contributed by atoms with Crippen molar-refractivity contribution in [2.75, 3.05) is 11.4 Å². The summed E-state index contributed by atoms with van der Waals surface area (Å²) in [6.07, 6.45) is 1.20. The van der Waals surface area contributed by atoms with Crippen LogP contribution in [0.15, 0.2) is 54.6 Å². The lowest BCUT2D eigenvalue weighted by molar-refractivity contribution is -0.126. The second-order valence-corrected chi connectivity index (χ2v) is 8.04. The summed E-state index contributed by atoms with van der Waals surface area (Å²) in [6, 6.07) is 17.9. The largest absolute Gasteiger partial charge is 0.352 e. The molecule has 0 spiro atoms. The molecule has 1 aliphatic rings. The second-order valence-electron chi connectivity index (χ2n) is 8.04. The van der Waals surface area contributed by atoms with Gasteiger partial charge in [0.25, 0.3) is 0 Å². The fourth-order valence-corrected chi connectivity index (χ4v) is 4.12. The summed E-state index contributed by atoms with van der Waals surface area (Å²) >= 11 is 0. The van der Waals surface area contributed by atoms with Gasteiger partial charge < -0.3 is 10.2 Å². The van der Waals surface area contributed by atoms with Gasteiger partial charge in [-0.3, -0.25) is 9.59 Å². The summed E-state index contributed by atoms with van der Waals surface area (Å²) in [6.45, 7) is 6.88. The quantitative estimate of drug-likeness (QED) is 0.666. The fourth-order valence-electron chi connectivity index (χ4n) is 4.12. The van der Waals surface area contributed by atoms with Crippen molar-refractivity contribution < 1.29 is 9.59 Å². The van der Waals surface area contributed by atoms with Crippen LogP contribution in [0, 0.1) is 19.8 Å². The van der Waals surface area contributed by atoms with Crippen LogP contribution in [-0.2, 0) is 22.6 Å². The second kappa shape index (κ2) is 8.76. The number of anilines is 1. The van der Waals surface area contributed by atoms with Gasteiger partial charge in [-0.1, -0.05) is 37.3 Å². The maximum Gasteiger partial charge on any atom is 0.227 e. The maximum absolute atomic E-state index is 12.8. The number of carbonyl (C=O) groups excluding carboxylic acids is 2. The van der Waals surface area contributed by atoms with Gasteiger partial charge in [-0.05, 0) is 50.1 Å². The molecule has 4 rings (SSSR count). The smallest absolute Gasteiger partial charge is 0.227 e. The lowest BCUT2D eigenvalue weighted by Crippen LogP contribution is -2.32. The lowest BCUT2D eigenvalue weighted by atomic mass is 10.1. The van der Waals surface area contributed by atoms with Crippen molar-refractivity contribution in [1.29, 1.82) is 0 Å². The zero-order valence-electron chi connectivity index (χ0n) is 18.3. The molecule has 6 heteroatoms. The van der Waals surface area contributed by atoms with E-state index in [4.69, 9.17) is 0 Å². The highest BCUT2D eigenvalue weighted by atomic mass is 16.2. The van der Waals surface area contributed by atoms with Crippen LogP contribution in [0.5, 0.6) is 0 Å². The van der Waals surface area contributed by atoms with Gasteiger partial charge in [0.2, 0.25) is 11.8 Å². The first-order valence-corrected chi connectivity index (χ1v) is 10.8. The number of hydrogen-bond donors (Lipinski definition) is 1. The third kappa shape index (κ3) is 4.24. The number of aryl methyl sites for hydroxylation is 2. The monoisotopic (exact) mass is 416 g/mol. The van der Waals surface area contributed by atoms with Gasteiger partial charge >= 0.3 is 0 Å². The minimum Gasteiger partial charge on any atom is -0.352 e. The Hall–Kier alpha value is -3.41. The van der Waals surface area contributed by atoms with Crippen LogP contribution in [0.1, 0.15) is 35.9 Å². The van der Waals surface area contributed by atoms with Crippen molar-refractivity contribution in [3.05, 3.63) is 77.1 Å². The zero-order chi connectivity index (χ0) is 22.0. The standard InChI is InChI=1S/C25H28N4O2/c1-4-19-10-12-21(13-11-19)28-16-20(14-24(28)30)25(31)26-15-23-17(2)27-29(18(23)3)22-8-6-5-7-9-22/h5-13,20H,4,14-16H2,1-3H3,(H,26,31)/t20-/m1/s1. The fraction of sp³-hybridized carbons (Fsp3) is 0.320. The normalized spacial score (nSPS) is 16.0. The minimum atomic E-state index is -0.344. The Kier molecular flexibility index (Phi) is 5.89. The molecule has 31 heavy (non-hydrogen) atoms. The van der Waals surface area contributed by atoms with Crippen LogP contribution >= 0.6 is 0 Å². The molecule has 6 nitrogen and oxygen atoms in total. The number of hydrogen-bond acceptors (Lipinski definition) is 3. The van der Waals surface area contributed by atoms with Gasteiger partial charge in [0.15, 0.2) is 0 Å². The predicted octanol–water partition coefficient (Wildman–Crippen LogP) is 3.72. The van der Waals surface area contributed by atoms with E-state index < -0.39 is 0 Å². The summed E-state index contributed by atoms with van der Waals surface area (Å²) in [5, 5.41) is 7.66. The molecule has 0 bridgehead atoms. The van der Waals surface area contributed by atoms with E-state index >= 15 is 0 Å². The number of aromatic nitrogens is 2. The van der Waals surface area contributed by atoms with Crippen LogP contribution in [0.4, 0.5) is 5.69 Å². The molecule has 0 unspecified atom stereocenters. The topological polar surface area (TPSA) is 67.2 Å². The Labute approximate surface area is 182 Å². The van der Waals surface area contributed by atoms with Crippen molar-refractivity contribution in [2.24, 2.45) is 5.92 Å². The molecule has 1 aliphatic heterocycles. The molecule has 1 N–H and O–H groups in total. The third-order valence-corrected chi connectivity index (χ3v) is 6.03. The van der Waals surface area contributed by atoms with Crippen molar-refractivity contribution in [3.63, 3.8) is 0 Å². The molecular formula is C25H28N4O2. The van der Waals surface area contributed by atoms with Crippen LogP contribution in [0.2, 0.25) is 0 Å². The summed E-state index contributed by atoms with van der Waals surface area (Å²) in [5.41, 5.74) is 5.98. The number of nitrogens with zero attached hydrogens (tertiary/aromatic N) is 3. The summed E-state index contributed by atoms with van der Waals surface area (Å²) < 4.78 is 1.90. The molecule has 2 amide bonds. The molecule has 0 radical (unpaired) electrons. The van der Waals surface area contributed by atoms with Gasteiger partial charge in [-0.2, -0.15) is 5.10 Å². The van der Waals surface area contributed by atoms with Crippen LogP contribution in [0.25, 0.3) is 5.69 Å². The van der Waals surface area contributed by atoms with E-state index in [0.717, 1.165) is 34.7 Å². The number of para-hydroxylation sites is 1. The molecule has 0 saturated carbocycles. The Morgan fingerprint density at radius 3 is 2.45 bits per heavy atom. The first-order valence-electron chi connectivity index (χ1n) is 10.8. The number of nitrogens with one attached hydrogen (secondary N) is 1. The Bertz CT molecular complexity index is 1090. The minimum absolute atomic E-state index is 0.00587. The highest BCUT2D eigenvalue weighted by molar-refractivity contribution is 6.00. The molecule has 160 valence electrons. The van der Waals surface area contributed by atoms with Gasteiger partial charge in [-0.25, -0.2) is 4.68 Å². The van der Waals surface area contributed by atoms with Crippen molar-refractivity contribution in [1.82, 2.24) is 15.1 Å². The molecule has 1 atom stereocenters. The number of carbonyl (C=O) groups is 2. The van der Waals surface area contributed by atoms with E-state index in [-0.39, 0.29) is 24.2 Å². The lowest BCUT2D eigenvalue weighted by Gasteiger charge is -2.17. The molecule has 0 aliphatic carbocycles. The van der Waals surface area contributed by atoms with Gasteiger partial charge in [-0.15, -0.1) is 0 Å². The molecule has 1 saturated heterocycles. The molecule has 2 heterocycles. The van der Waals surface area contributed by atoms with E-state index in [9.17, 15) is 9.59 Å². The first-order chi connectivity index (χ1) is 15.0. The summed E-state index contributed by atoms with van der Waals surface area (Å²) in [4.78, 5) is 27.1. The summed E-state index contributed by atoms with van der Waals surface area (Å²) in [5.74, 6) is -0.441. The van der Waals surface area contributed by atoms with Crippen LogP contribution in [-0.4, -0.2) is 28.1 Å². The molecule has 2 aromatic carbocycles. The van der Waals surface area contributed by atoms with E-state index in [0.29, 0.717) is 13.1 Å². The number of rotatable bonds is 6. The van der Waals surface area contributed by atoms with Gasteiger partial charge in [0.05, 0.1) is 17.3 Å². The molecular weight excluding hydrogens is 388 g/mol. The highest BCUT2D eigenvalue weighted by Gasteiger charge is 2.35. The Morgan fingerprint density at radius 2 is 1.77 bits per heavy atom. The molecule has 1 fully saturated rings. The Morgan fingerprint density at radius 1 is 1.06 bits per heavy atom. The van der Waals surface area contributed by atoms with E-state index in [2.05, 4.69) is 17.3 Å². The molecule has 1 aromatic heterocycles. The highest BCUT2D eigenvalue weighted by Crippen LogP contribution is 2.26. The van der Waals surface area contributed by atoms with E-state index in [1.54, 1.807) is 4.90 Å². The first kappa shape index (κ1) is 20.8. The average molecular weight is 417 g/mol. The summed E-state index contributed by atoms with van der Waals surface area (Å²) in [7, 11) is 0. The van der Waals surface area contributed by atoms with Crippen molar-refractivity contribution in [3.8, 4) is 5.69 Å². The predicted molar refractivity (Wildman–Crippen MR) is 121 cm³/mol. The number of benzene rings is 2. The Balaban J connectivity index is 1.41. The van der Waals surface area contributed by atoms with Crippen molar-refractivity contribution in [2.45, 2.75) is 40.2 Å². The zero-order valence-corrected chi connectivity index (χ0v) is 18.3. The number of amides is 2. The van der Waals surface area contributed by atoms with Crippen LogP contribution in [0.3, 0.4) is 0 Å². The maximum atomic E-state index is 12.8.